The van der Waals surface area contributed by atoms with E-state index < -0.39 is 0 Å². The van der Waals surface area contributed by atoms with Crippen LogP contribution >= 0.6 is 0 Å². The molecule has 0 saturated carbocycles. The maximum absolute atomic E-state index is 5.29. The summed E-state index contributed by atoms with van der Waals surface area (Å²) in [6, 6.07) is 12.2. The van der Waals surface area contributed by atoms with Gasteiger partial charge < -0.3 is 9.14 Å². The monoisotopic (exact) mass is 280 g/mol. The molecule has 3 rings (SSSR count). The molecule has 0 N–H and O–H groups in total. The van der Waals surface area contributed by atoms with Crippen LogP contribution in [0.2, 0.25) is 0 Å². The van der Waals surface area contributed by atoms with Gasteiger partial charge in [-0.1, -0.05) is 39.0 Å². The van der Waals surface area contributed by atoms with Gasteiger partial charge in [-0.05, 0) is 23.6 Å². The number of benzene rings is 1. The molecule has 3 heteroatoms. The first-order valence-corrected chi connectivity index (χ1v) is 7.11. The fourth-order valence-corrected chi connectivity index (χ4v) is 2.52. The second kappa shape index (κ2) is 4.92. The van der Waals surface area contributed by atoms with Crippen LogP contribution in [0.1, 0.15) is 26.3 Å². The van der Waals surface area contributed by atoms with Crippen LogP contribution < -0.4 is 4.74 Å². The number of hydrogen-bond donors (Lipinski definition) is 0. The molecule has 0 bridgehead atoms. The van der Waals surface area contributed by atoms with Crippen LogP contribution in [0.4, 0.5) is 0 Å². The highest BCUT2D eigenvalue weighted by Gasteiger charge is 2.19. The standard InChI is InChI=1S/C18H20N2O/c1-18(2,3)15-9-6-10-20-12-16(19-17(15)20)13-7-5-8-14(11-13)21-4/h5-12H,1-4H3. The van der Waals surface area contributed by atoms with Crippen LogP contribution in [0.15, 0.2) is 48.8 Å². The molecule has 0 unspecified atom stereocenters. The normalized spacial score (nSPS) is 11.8. The summed E-state index contributed by atoms with van der Waals surface area (Å²) >= 11 is 0. The first kappa shape index (κ1) is 13.7. The first-order chi connectivity index (χ1) is 9.99. The summed E-state index contributed by atoms with van der Waals surface area (Å²) in [6.45, 7) is 6.63. The Hall–Kier alpha value is -2.29. The summed E-state index contributed by atoms with van der Waals surface area (Å²) in [4.78, 5) is 4.83. The number of aromatic nitrogens is 2. The Morgan fingerprint density at radius 1 is 1.10 bits per heavy atom. The number of nitrogens with zero attached hydrogens (tertiary/aromatic N) is 2. The van der Waals surface area contributed by atoms with Gasteiger partial charge in [0, 0.05) is 23.5 Å². The molecular weight excluding hydrogens is 260 g/mol. The molecule has 108 valence electrons. The third-order valence-electron chi connectivity index (χ3n) is 3.66. The number of fused-ring (bicyclic) bond motifs is 1. The maximum atomic E-state index is 5.29. The molecule has 0 atom stereocenters. The summed E-state index contributed by atoms with van der Waals surface area (Å²) in [5.41, 5.74) is 4.37. The Morgan fingerprint density at radius 2 is 1.90 bits per heavy atom. The van der Waals surface area contributed by atoms with E-state index in [1.165, 1.54) is 5.56 Å². The van der Waals surface area contributed by atoms with Gasteiger partial charge in [0.05, 0.1) is 12.8 Å². The molecule has 1 aromatic carbocycles. The average Bonchev–Trinajstić information content (AvgIpc) is 2.90. The highest BCUT2D eigenvalue weighted by molar-refractivity contribution is 5.66. The Labute approximate surface area is 125 Å². The maximum Gasteiger partial charge on any atom is 0.141 e. The Morgan fingerprint density at radius 3 is 2.62 bits per heavy atom. The molecule has 3 aromatic rings. The van der Waals surface area contributed by atoms with Crippen molar-refractivity contribution in [2.45, 2.75) is 26.2 Å². The van der Waals surface area contributed by atoms with Crippen molar-refractivity contribution < 1.29 is 4.74 Å². The van der Waals surface area contributed by atoms with Crippen molar-refractivity contribution in [3.63, 3.8) is 0 Å². The lowest BCUT2D eigenvalue weighted by Crippen LogP contribution is -2.12. The van der Waals surface area contributed by atoms with Crippen molar-refractivity contribution in [1.29, 1.82) is 0 Å². The molecule has 0 saturated heterocycles. The van der Waals surface area contributed by atoms with Crippen LogP contribution in [0.5, 0.6) is 5.75 Å². The van der Waals surface area contributed by atoms with E-state index in [9.17, 15) is 0 Å². The smallest absolute Gasteiger partial charge is 0.141 e. The van der Waals surface area contributed by atoms with Gasteiger partial charge in [0.25, 0.3) is 0 Å². The number of pyridine rings is 1. The SMILES string of the molecule is COc1cccc(-c2cn3cccc(C(C)(C)C)c3n2)c1. The van der Waals surface area contributed by atoms with Crippen molar-refractivity contribution in [2.24, 2.45) is 0 Å². The minimum atomic E-state index is 0.0690. The molecule has 21 heavy (non-hydrogen) atoms. The summed E-state index contributed by atoms with van der Waals surface area (Å²) in [5, 5.41) is 0. The summed E-state index contributed by atoms with van der Waals surface area (Å²) < 4.78 is 7.39. The predicted molar refractivity (Wildman–Crippen MR) is 85.9 cm³/mol. The molecule has 2 heterocycles. The molecule has 0 amide bonds. The largest absolute Gasteiger partial charge is 0.497 e. The highest BCUT2D eigenvalue weighted by Crippen LogP contribution is 2.29. The second-order valence-corrected chi connectivity index (χ2v) is 6.26. The van der Waals surface area contributed by atoms with E-state index in [-0.39, 0.29) is 5.41 Å². The number of ether oxygens (including phenoxy) is 1. The molecule has 0 radical (unpaired) electrons. The van der Waals surface area contributed by atoms with Crippen molar-refractivity contribution in [1.82, 2.24) is 9.38 Å². The third kappa shape index (κ3) is 2.51. The van der Waals surface area contributed by atoms with Crippen molar-refractivity contribution in [3.05, 3.63) is 54.4 Å². The number of rotatable bonds is 2. The highest BCUT2D eigenvalue weighted by atomic mass is 16.5. The van der Waals surface area contributed by atoms with Crippen molar-refractivity contribution in [2.75, 3.05) is 7.11 Å². The van der Waals surface area contributed by atoms with Gasteiger partial charge in [0.15, 0.2) is 0 Å². The Bertz CT molecular complexity index is 781. The number of hydrogen-bond acceptors (Lipinski definition) is 2. The van der Waals surface area contributed by atoms with Crippen LogP contribution in [0.3, 0.4) is 0 Å². The lowest BCUT2D eigenvalue weighted by molar-refractivity contribution is 0.415. The van der Waals surface area contributed by atoms with Gasteiger partial charge in [0.1, 0.15) is 11.4 Å². The lowest BCUT2D eigenvalue weighted by Gasteiger charge is -2.19. The fraction of sp³-hybridized carbons (Fsp3) is 0.278. The minimum Gasteiger partial charge on any atom is -0.497 e. The predicted octanol–water partition coefficient (Wildman–Crippen LogP) is 4.31. The van der Waals surface area contributed by atoms with Gasteiger partial charge in [-0.2, -0.15) is 0 Å². The zero-order valence-electron chi connectivity index (χ0n) is 12.9. The molecule has 0 aliphatic carbocycles. The zero-order chi connectivity index (χ0) is 15.0. The fourth-order valence-electron chi connectivity index (χ4n) is 2.52. The van der Waals surface area contributed by atoms with E-state index in [0.717, 1.165) is 22.7 Å². The summed E-state index contributed by atoms with van der Waals surface area (Å²) in [7, 11) is 1.68. The molecule has 3 nitrogen and oxygen atoms in total. The molecule has 2 aromatic heterocycles. The minimum absolute atomic E-state index is 0.0690. The van der Waals surface area contributed by atoms with Crippen LogP contribution in [-0.4, -0.2) is 16.5 Å². The van der Waals surface area contributed by atoms with Crippen LogP contribution in [0, 0.1) is 0 Å². The van der Waals surface area contributed by atoms with Gasteiger partial charge in [-0.15, -0.1) is 0 Å². The van der Waals surface area contributed by atoms with Crippen LogP contribution in [-0.2, 0) is 5.41 Å². The van der Waals surface area contributed by atoms with E-state index in [2.05, 4.69) is 49.6 Å². The van der Waals surface area contributed by atoms with Gasteiger partial charge >= 0.3 is 0 Å². The molecule has 0 aliphatic heterocycles. The van der Waals surface area contributed by atoms with Crippen molar-refractivity contribution >= 4 is 5.65 Å². The number of methoxy groups -OCH3 is 1. The lowest BCUT2D eigenvalue weighted by atomic mass is 9.88. The van der Waals surface area contributed by atoms with Gasteiger partial charge in [0.2, 0.25) is 0 Å². The van der Waals surface area contributed by atoms with E-state index in [1.54, 1.807) is 7.11 Å². The van der Waals surface area contributed by atoms with E-state index in [0.29, 0.717) is 0 Å². The third-order valence-corrected chi connectivity index (χ3v) is 3.66. The van der Waals surface area contributed by atoms with Gasteiger partial charge in [-0.25, -0.2) is 4.98 Å². The molecule has 0 fully saturated rings. The second-order valence-electron chi connectivity index (χ2n) is 6.26. The first-order valence-electron chi connectivity index (χ1n) is 7.11. The topological polar surface area (TPSA) is 26.5 Å². The Balaban J connectivity index is 2.17. The summed E-state index contributed by atoms with van der Waals surface area (Å²) in [5.74, 6) is 0.848. The molecule has 0 aliphatic rings. The quantitative estimate of drug-likeness (QED) is 0.699. The van der Waals surface area contributed by atoms with E-state index in [4.69, 9.17) is 9.72 Å². The summed E-state index contributed by atoms with van der Waals surface area (Å²) in [6.07, 6.45) is 4.11. The van der Waals surface area contributed by atoms with Crippen molar-refractivity contribution in [3.8, 4) is 17.0 Å². The average molecular weight is 280 g/mol. The molecular formula is C18H20N2O. The zero-order valence-corrected chi connectivity index (χ0v) is 12.9. The Kier molecular flexibility index (Phi) is 3.20. The molecule has 0 spiro atoms. The number of imidazole rings is 1. The van der Waals surface area contributed by atoms with Crippen LogP contribution in [0.25, 0.3) is 16.9 Å². The van der Waals surface area contributed by atoms with E-state index >= 15 is 0 Å². The van der Waals surface area contributed by atoms with Gasteiger partial charge in [-0.3, -0.25) is 0 Å². The van der Waals surface area contributed by atoms with E-state index in [1.807, 2.05) is 24.4 Å².